The highest BCUT2D eigenvalue weighted by Gasteiger charge is 2.25. The molecule has 3 aromatic rings. The molecule has 0 amide bonds. The van der Waals surface area contributed by atoms with E-state index in [1.54, 1.807) is 23.9 Å². The van der Waals surface area contributed by atoms with E-state index in [-0.39, 0.29) is 22.9 Å². The van der Waals surface area contributed by atoms with E-state index in [0.29, 0.717) is 23.0 Å². The number of hydrogen-bond acceptors (Lipinski definition) is 7. The Morgan fingerprint density at radius 1 is 1.17 bits per heavy atom. The zero-order chi connectivity index (χ0) is 21.4. The van der Waals surface area contributed by atoms with Crippen LogP contribution in [0.3, 0.4) is 0 Å². The number of carbonyl (C=O) groups is 1. The molecule has 3 aromatic heterocycles. The van der Waals surface area contributed by atoms with Gasteiger partial charge in [-0.3, -0.25) is 14.2 Å². The van der Waals surface area contributed by atoms with Gasteiger partial charge in [-0.2, -0.15) is 4.98 Å². The molecular weight excluding hydrogens is 380 g/mol. The second kappa shape index (κ2) is 7.85. The first kappa shape index (κ1) is 20.0. The van der Waals surface area contributed by atoms with Crippen LogP contribution in [-0.2, 0) is 0 Å². The number of hydrogen-bond donors (Lipinski definition) is 1. The van der Waals surface area contributed by atoms with Crippen molar-refractivity contribution in [3.05, 3.63) is 46.0 Å². The second-order valence-corrected chi connectivity index (χ2v) is 8.02. The van der Waals surface area contributed by atoms with Crippen LogP contribution < -0.4 is 15.8 Å². The molecule has 4 rings (SSSR count). The minimum Gasteiger partial charge on any atom is -0.376 e. The van der Waals surface area contributed by atoms with Gasteiger partial charge in [0.05, 0.1) is 17.4 Å². The van der Waals surface area contributed by atoms with Crippen molar-refractivity contribution in [3.8, 4) is 0 Å². The molecule has 0 unspecified atom stereocenters. The second-order valence-electron chi connectivity index (χ2n) is 8.02. The monoisotopic (exact) mass is 406 g/mol. The number of nitrogens with one attached hydrogen (secondary N) is 1. The maximum atomic E-state index is 13.2. The van der Waals surface area contributed by atoms with E-state index < -0.39 is 0 Å². The van der Waals surface area contributed by atoms with Crippen molar-refractivity contribution in [2.45, 2.75) is 45.6 Å². The predicted molar refractivity (Wildman–Crippen MR) is 118 cm³/mol. The number of pyridine rings is 2. The number of aryl methyl sites for hydroxylation is 1. The van der Waals surface area contributed by atoms with Crippen molar-refractivity contribution < 1.29 is 4.79 Å². The molecule has 0 aromatic carbocycles. The highest BCUT2D eigenvalue weighted by atomic mass is 16.1. The summed E-state index contributed by atoms with van der Waals surface area (Å²) in [6.45, 7) is 3.23. The first-order valence-electron chi connectivity index (χ1n) is 10.2. The van der Waals surface area contributed by atoms with Crippen LogP contribution in [0.1, 0.15) is 54.6 Å². The average Bonchev–Trinajstić information content (AvgIpc) is 3.22. The quantitative estimate of drug-likeness (QED) is 0.647. The lowest BCUT2D eigenvalue weighted by atomic mass is 10.0. The van der Waals surface area contributed by atoms with Crippen LogP contribution in [-0.4, -0.2) is 39.4 Å². The predicted octanol–water partition coefficient (Wildman–Crippen LogP) is 3.62. The van der Waals surface area contributed by atoms with Crippen molar-refractivity contribution in [1.29, 1.82) is 0 Å². The lowest BCUT2D eigenvalue weighted by molar-refractivity contribution is 0.101. The number of Topliss-reactive ketones (excluding diaryl/α,β-unsaturated/α-hetero) is 1. The SMILES string of the molecule is CC(=O)c1c(C)c2cnc(Nc3ccc(N(C)C)cn3)nc2n(C2CCCC2)c1=O. The van der Waals surface area contributed by atoms with Gasteiger partial charge in [0.2, 0.25) is 5.95 Å². The van der Waals surface area contributed by atoms with Gasteiger partial charge in [0.25, 0.3) is 5.56 Å². The molecule has 8 heteroatoms. The summed E-state index contributed by atoms with van der Waals surface area (Å²) in [5.74, 6) is 0.763. The molecule has 3 heterocycles. The Labute approximate surface area is 175 Å². The fourth-order valence-electron chi connectivity index (χ4n) is 4.15. The van der Waals surface area contributed by atoms with Gasteiger partial charge in [0.15, 0.2) is 5.78 Å². The number of carbonyl (C=O) groups excluding carboxylic acids is 1. The smallest absolute Gasteiger partial charge is 0.263 e. The summed E-state index contributed by atoms with van der Waals surface area (Å²) in [5, 5.41) is 3.85. The summed E-state index contributed by atoms with van der Waals surface area (Å²) in [6, 6.07) is 3.87. The van der Waals surface area contributed by atoms with Crippen LogP contribution in [0.2, 0.25) is 0 Å². The number of aromatic nitrogens is 4. The fourth-order valence-corrected chi connectivity index (χ4v) is 4.15. The molecule has 8 nitrogen and oxygen atoms in total. The van der Waals surface area contributed by atoms with E-state index in [0.717, 1.165) is 36.8 Å². The van der Waals surface area contributed by atoms with Crippen LogP contribution in [0.25, 0.3) is 11.0 Å². The average molecular weight is 406 g/mol. The van der Waals surface area contributed by atoms with E-state index >= 15 is 0 Å². The Morgan fingerprint density at radius 3 is 2.50 bits per heavy atom. The van der Waals surface area contributed by atoms with Gasteiger partial charge < -0.3 is 10.2 Å². The molecule has 0 radical (unpaired) electrons. The largest absolute Gasteiger partial charge is 0.376 e. The molecule has 0 spiro atoms. The Morgan fingerprint density at radius 2 is 1.90 bits per heavy atom. The number of ketones is 1. The zero-order valence-electron chi connectivity index (χ0n) is 17.8. The third-order valence-corrected chi connectivity index (χ3v) is 5.75. The molecular formula is C22H26N6O2. The van der Waals surface area contributed by atoms with Gasteiger partial charge in [-0.1, -0.05) is 12.8 Å². The molecule has 1 aliphatic carbocycles. The van der Waals surface area contributed by atoms with Gasteiger partial charge in [-0.05, 0) is 44.4 Å². The summed E-state index contributed by atoms with van der Waals surface area (Å²) in [5.41, 5.74) is 2.17. The summed E-state index contributed by atoms with van der Waals surface area (Å²) >= 11 is 0. The van der Waals surface area contributed by atoms with Gasteiger partial charge in [-0.15, -0.1) is 0 Å². The van der Waals surface area contributed by atoms with Crippen LogP contribution in [0.5, 0.6) is 0 Å². The van der Waals surface area contributed by atoms with Crippen LogP contribution in [0.4, 0.5) is 17.5 Å². The molecule has 1 N–H and O–H groups in total. The molecule has 0 saturated heterocycles. The lowest BCUT2D eigenvalue weighted by Crippen LogP contribution is -2.30. The highest BCUT2D eigenvalue weighted by molar-refractivity contribution is 5.99. The summed E-state index contributed by atoms with van der Waals surface area (Å²) in [7, 11) is 3.91. The van der Waals surface area contributed by atoms with Gasteiger partial charge >= 0.3 is 0 Å². The van der Waals surface area contributed by atoms with E-state index in [1.807, 2.05) is 31.1 Å². The van der Waals surface area contributed by atoms with Crippen molar-refractivity contribution in [1.82, 2.24) is 19.5 Å². The van der Waals surface area contributed by atoms with Crippen molar-refractivity contribution in [3.63, 3.8) is 0 Å². The normalized spacial score (nSPS) is 14.3. The van der Waals surface area contributed by atoms with Gasteiger partial charge in [0, 0.05) is 31.7 Å². The zero-order valence-corrected chi connectivity index (χ0v) is 17.8. The van der Waals surface area contributed by atoms with Crippen molar-refractivity contribution >= 4 is 34.3 Å². The van der Waals surface area contributed by atoms with Crippen LogP contribution >= 0.6 is 0 Å². The van der Waals surface area contributed by atoms with E-state index in [4.69, 9.17) is 0 Å². The van der Waals surface area contributed by atoms with Crippen LogP contribution in [0.15, 0.2) is 29.3 Å². The molecule has 1 fully saturated rings. The molecule has 156 valence electrons. The maximum absolute atomic E-state index is 13.2. The fraction of sp³-hybridized carbons (Fsp3) is 0.409. The third kappa shape index (κ3) is 3.53. The number of anilines is 3. The first-order valence-corrected chi connectivity index (χ1v) is 10.2. The minimum atomic E-state index is -0.252. The Balaban J connectivity index is 1.83. The third-order valence-electron chi connectivity index (χ3n) is 5.75. The summed E-state index contributed by atoms with van der Waals surface area (Å²) in [4.78, 5) is 40.9. The number of nitrogens with zero attached hydrogens (tertiary/aromatic N) is 5. The molecule has 1 saturated carbocycles. The first-order chi connectivity index (χ1) is 14.4. The number of fused-ring (bicyclic) bond motifs is 1. The standard InChI is InChI=1S/C22H26N6O2/c1-13-17-12-24-22(25-18-10-9-16(11-23-18)27(3)4)26-20(17)28(15-7-5-6-8-15)21(30)19(13)14(2)29/h9-12,15H,5-8H2,1-4H3,(H,23,24,25,26). The Kier molecular flexibility index (Phi) is 5.24. The van der Waals surface area contributed by atoms with Gasteiger partial charge in [-0.25, -0.2) is 9.97 Å². The van der Waals surface area contributed by atoms with Crippen LogP contribution in [0, 0.1) is 6.92 Å². The summed E-state index contributed by atoms with van der Waals surface area (Å²) in [6.07, 6.45) is 7.42. The van der Waals surface area contributed by atoms with Crippen molar-refractivity contribution in [2.75, 3.05) is 24.3 Å². The molecule has 30 heavy (non-hydrogen) atoms. The van der Waals surface area contributed by atoms with E-state index in [2.05, 4.69) is 20.3 Å². The lowest BCUT2D eigenvalue weighted by Gasteiger charge is -2.19. The Bertz CT molecular complexity index is 1160. The van der Waals surface area contributed by atoms with Gasteiger partial charge in [0.1, 0.15) is 11.5 Å². The minimum absolute atomic E-state index is 0.0546. The molecule has 0 atom stereocenters. The molecule has 1 aliphatic rings. The van der Waals surface area contributed by atoms with Crippen molar-refractivity contribution in [2.24, 2.45) is 0 Å². The Hall–Kier alpha value is -3.29. The van der Waals surface area contributed by atoms with E-state index in [9.17, 15) is 9.59 Å². The summed E-state index contributed by atoms with van der Waals surface area (Å²) < 4.78 is 1.71. The maximum Gasteiger partial charge on any atom is 0.263 e. The topological polar surface area (TPSA) is 93.0 Å². The molecule has 0 aliphatic heterocycles. The number of rotatable bonds is 5. The highest BCUT2D eigenvalue weighted by Crippen LogP contribution is 2.32. The van der Waals surface area contributed by atoms with E-state index in [1.165, 1.54) is 6.92 Å². The molecule has 0 bridgehead atoms.